The maximum absolute atomic E-state index is 11.0. The van der Waals surface area contributed by atoms with Gasteiger partial charge in [-0.15, -0.1) is 0 Å². The smallest absolute Gasteiger partial charge is 0.307 e. The van der Waals surface area contributed by atoms with E-state index in [0.29, 0.717) is 18.7 Å². The van der Waals surface area contributed by atoms with Gasteiger partial charge in [-0.1, -0.05) is 0 Å². The number of phenols is 1. The van der Waals surface area contributed by atoms with Crippen LogP contribution in [-0.4, -0.2) is 29.8 Å². The normalized spacial score (nSPS) is 23.0. The second kappa shape index (κ2) is 4.86. The summed E-state index contributed by atoms with van der Waals surface area (Å²) in [7, 11) is 1.54. The predicted octanol–water partition coefficient (Wildman–Crippen LogP) is 1.44. The number of carboxylic acid groups (broad SMARTS) is 1. The zero-order valence-corrected chi connectivity index (χ0v) is 10.4. The highest BCUT2D eigenvalue weighted by molar-refractivity contribution is 5.71. The van der Waals surface area contributed by atoms with Gasteiger partial charge in [0.05, 0.1) is 13.0 Å². The number of benzene rings is 1. The van der Waals surface area contributed by atoms with Crippen molar-refractivity contribution in [1.29, 1.82) is 0 Å². The van der Waals surface area contributed by atoms with Crippen molar-refractivity contribution in [2.75, 3.05) is 13.7 Å². The fraction of sp³-hybridized carbons (Fsp3) is 0.462. The summed E-state index contributed by atoms with van der Waals surface area (Å²) in [6, 6.07) is 3.17. The molecule has 1 saturated heterocycles. The average molecular weight is 251 g/mol. The minimum absolute atomic E-state index is 0.0401. The zero-order chi connectivity index (χ0) is 13.3. The quantitative estimate of drug-likeness (QED) is 0.757. The third-order valence-electron chi connectivity index (χ3n) is 3.38. The van der Waals surface area contributed by atoms with E-state index in [2.05, 4.69) is 5.32 Å². The highest BCUT2D eigenvalue weighted by atomic mass is 16.5. The van der Waals surface area contributed by atoms with E-state index >= 15 is 0 Å². The summed E-state index contributed by atoms with van der Waals surface area (Å²) in [6.07, 6.45) is 0.539. The molecule has 1 aliphatic rings. The summed E-state index contributed by atoms with van der Waals surface area (Å²) in [6.45, 7) is 2.34. The molecule has 5 heteroatoms. The molecule has 0 amide bonds. The third kappa shape index (κ3) is 2.26. The zero-order valence-electron chi connectivity index (χ0n) is 10.4. The molecule has 3 N–H and O–H groups in total. The molecular formula is C13H17NO4. The van der Waals surface area contributed by atoms with E-state index in [1.54, 1.807) is 19.2 Å². The molecule has 98 valence electrons. The number of ether oxygens (including phenoxy) is 1. The molecule has 1 heterocycles. The van der Waals surface area contributed by atoms with Crippen LogP contribution in [0, 0.1) is 12.8 Å². The molecule has 2 atom stereocenters. The molecule has 2 rings (SSSR count). The van der Waals surface area contributed by atoms with Crippen molar-refractivity contribution in [2.45, 2.75) is 19.4 Å². The van der Waals surface area contributed by atoms with Crippen LogP contribution >= 0.6 is 0 Å². The fourth-order valence-corrected chi connectivity index (χ4v) is 2.51. The molecular weight excluding hydrogens is 234 g/mol. The molecule has 1 fully saturated rings. The standard InChI is InChI=1S/C13H17NO4/c1-7-3-9(15)5-11(18-2)12(7)10-4-8(6-14-10)13(16)17/h3,5,8,10,14-15H,4,6H2,1-2H3,(H,16,17). The lowest BCUT2D eigenvalue weighted by Crippen LogP contribution is -2.18. The Labute approximate surface area is 105 Å². The largest absolute Gasteiger partial charge is 0.508 e. The number of carbonyl (C=O) groups is 1. The molecule has 5 nitrogen and oxygen atoms in total. The van der Waals surface area contributed by atoms with Crippen LogP contribution < -0.4 is 10.1 Å². The first kappa shape index (κ1) is 12.7. The van der Waals surface area contributed by atoms with Gasteiger partial charge in [0.1, 0.15) is 11.5 Å². The van der Waals surface area contributed by atoms with Crippen LogP contribution in [0.4, 0.5) is 0 Å². The van der Waals surface area contributed by atoms with Crippen LogP contribution in [0.2, 0.25) is 0 Å². The van der Waals surface area contributed by atoms with Gasteiger partial charge in [0.25, 0.3) is 0 Å². The van der Waals surface area contributed by atoms with E-state index in [-0.39, 0.29) is 17.7 Å². The molecule has 0 spiro atoms. The van der Waals surface area contributed by atoms with Crippen molar-refractivity contribution in [1.82, 2.24) is 5.32 Å². The van der Waals surface area contributed by atoms with Gasteiger partial charge in [0.2, 0.25) is 0 Å². The van der Waals surface area contributed by atoms with Crippen molar-refractivity contribution >= 4 is 5.97 Å². The summed E-state index contributed by atoms with van der Waals surface area (Å²) in [5.74, 6) is -0.398. The van der Waals surface area contributed by atoms with Crippen LogP contribution in [0.15, 0.2) is 12.1 Å². The molecule has 1 aromatic carbocycles. The first-order valence-electron chi connectivity index (χ1n) is 5.86. The summed E-state index contributed by atoms with van der Waals surface area (Å²) >= 11 is 0. The number of phenolic OH excluding ortho intramolecular Hbond substituents is 1. The Morgan fingerprint density at radius 3 is 2.78 bits per heavy atom. The summed E-state index contributed by atoms with van der Waals surface area (Å²) in [4.78, 5) is 11.0. The van der Waals surface area contributed by atoms with E-state index in [0.717, 1.165) is 11.1 Å². The van der Waals surface area contributed by atoms with Gasteiger partial charge in [-0.3, -0.25) is 4.79 Å². The Balaban J connectivity index is 2.31. The predicted molar refractivity (Wildman–Crippen MR) is 65.9 cm³/mol. The lowest BCUT2D eigenvalue weighted by Gasteiger charge is -2.18. The van der Waals surface area contributed by atoms with Gasteiger partial charge >= 0.3 is 5.97 Å². The van der Waals surface area contributed by atoms with Crippen LogP contribution in [0.5, 0.6) is 11.5 Å². The number of nitrogens with one attached hydrogen (secondary N) is 1. The number of methoxy groups -OCH3 is 1. The highest BCUT2D eigenvalue weighted by Gasteiger charge is 2.32. The number of aromatic hydroxyl groups is 1. The van der Waals surface area contributed by atoms with Gasteiger partial charge in [0, 0.05) is 24.2 Å². The van der Waals surface area contributed by atoms with Gasteiger partial charge in [0.15, 0.2) is 0 Å². The number of hydrogen-bond acceptors (Lipinski definition) is 4. The van der Waals surface area contributed by atoms with E-state index in [9.17, 15) is 9.90 Å². The minimum Gasteiger partial charge on any atom is -0.508 e. The van der Waals surface area contributed by atoms with Crippen LogP contribution in [0.1, 0.15) is 23.6 Å². The maximum Gasteiger partial charge on any atom is 0.307 e. The van der Waals surface area contributed by atoms with Crippen LogP contribution in [0.3, 0.4) is 0 Å². The summed E-state index contributed by atoms with van der Waals surface area (Å²) < 4.78 is 5.27. The Morgan fingerprint density at radius 1 is 1.50 bits per heavy atom. The topological polar surface area (TPSA) is 78.8 Å². The van der Waals surface area contributed by atoms with Gasteiger partial charge in [-0.2, -0.15) is 0 Å². The summed E-state index contributed by atoms with van der Waals surface area (Å²) in [5.41, 5.74) is 1.83. The minimum atomic E-state index is -0.777. The molecule has 1 aromatic rings. The Hall–Kier alpha value is -1.75. The van der Waals surface area contributed by atoms with Crippen molar-refractivity contribution in [2.24, 2.45) is 5.92 Å². The third-order valence-corrected chi connectivity index (χ3v) is 3.38. The lowest BCUT2D eigenvalue weighted by molar-refractivity contribution is -0.141. The number of aliphatic carboxylic acids is 1. The van der Waals surface area contributed by atoms with Crippen molar-refractivity contribution in [3.8, 4) is 11.5 Å². The van der Waals surface area contributed by atoms with E-state index in [4.69, 9.17) is 9.84 Å². The molecule has 1 aliphatic heterocycles. The van der Waals surface area contributed by atoms with E-state index in [1.165, 1.54) is 0 Å². The molecule has 0 bridgehead atoms. The first-order valence-corrected chi connectivity index (χ1v) is 5.86. The van der Waals surface area contributed by atoms with Crippen LogP contribution in [-0.2, 0) is 4.79 Å². The second-order valence-electron chi connectivity index (χ2n) is 4.61. The van der Waals surface area contributed by atoms with Crippen molar-refractivity contribution in [3.63, 3.8) is 0 Å². The number of aryl methyl sites for hydroxylation is 1. The molecule has 18 heavy (non-hydrogen) atoms. The molecule has 0 radical (unpaired) electrons. The van der Waals surface area contributed by atoms with Gasteiger partial charge < -0.3 is 20.3 Å². The van der Waals surface area contributed by atoms with Crippen molar-refractivity contribution < 1.29 is 19.7 Å². The Morgan fingerprint density at radius 2 is 2.22 bits per heavy atom. The first-order chi connectivity index (χ1) is 8.52. The monoisotopic (exact) mass is 251 g/mol. The van der Waals surface area contributed by atoms with Gasteiger partial charge in [-0.05, 0) is 25.0 Å². The number of hydrogen-bond donors (Lipinski definition) is 3. The Bertz CT molecular complexity index is 472. The van der Waals surface area contributed by atoms with Crippen LogP contribution in [0.25, 0.3) is 0 Å². The van der Waals surface area contributed by atoms with E-state index in [1.807, 2.05) is 6.92 Å². The van der Waals surface area contributed by atoms with Crippen molar-refractivity contribution in [3.05, 3.63) is 23.3 Å². The number of rotatable bonds is 3. The lowest BCUT2D eigenvalue weighted by atomic mass is 9.95. The number of carboxylic acids is 1. The fourth-order valence-electron chi connectivity index (χ4n) is 2.51. The highest BCUT2D eigenvalue weighted by Crippen LogP contribution is 2.37. The molecule has 0 saturated carbocycles. The molecule has 0 aliphatic carbocycles. The average Bonchev–Trinajstić information content (AvgIpc) is 2.77. The SMILES string of the molecule is COc1cc(O)cc(C)c1C1CC(C(=O)O)CN1. The second-order valence-corrected chi connectivity index (χ2v) is 4.61. The Kier molecular flexibility index (Phi) is 3.43. The summed E-state index contributed by atoms with van der Waals surface area (Å²) in [5, 5.41) is 21.7. The van der Waals surface area contributed by atoms with Gasteiger partial charge in [-0.25, -0.2) is 0 Å². The maximum atomic E-state index is 11.0. The van der Waals surface area contributed by atoms with E-state index < -0.39 is 5.97 Å². The molecule has 2 unspecified atom stereocenters. The molecule has 0 aromatic heterocycles.